The Morgan fingerprint density at radius 3 is 2.69 bits per heavy atom. The number of hydrogen-bond donors (Lipinski definition) is 2. The summed E-state index contributed by atoms with van der Waals surface area (Å²) in [6.45, 7) is 4.00. The fourth-order valence-electron chi connectivity index (χ4n) is 2.69. The number of nitrogens with one attached hydrogen (secondary N) is 2. The van der Waals surface area contributed by atoms with Gasteiger partial charge in [-0.3, -0.25) is 20.4 Å². The lowest BCUT2D eigenvalue weighted by molar-refractivity contribution is -0.121. The van der Waals surface area contributed by atoms with Crippen molar-refractivity contribution in [1.82, 2.24) is 15.8 Å². The van der Waals surface area contributed by atoms with Gasteiger partial charge < -0.3 is 4.42 Å². The molecule has 0 aliphatic carbocycles. The summed E-state index contributed by atoms with van der Waals surface area (Å²) in [5.41, 5.74) is 6.60. The molecule has 0 saturated heterocycles. The van der Waals surface area contributed by atoms with Gasteiger partial charge in [0.05, 0.1) is 16.1 Å². The topological polar surface area (TPSA) is 84.2 Å². The Morgan fingerprint density at radius 2 is 2.00 bits per heavy atom. The van der Waals surface area contributed by atoms with E-state index >= 15 is 0 Å². The normalized spacial score (nSPS) is 10.8. The maximum Gasteiger partial charge on any atom is 0.279 e. The molecule has 6 nitrogen and oxygen atoms in total. The third-order valence-corrected chi connectivity index (χ3v) is 6.13. The fraction of sp³-hybridized carbons (Fsp3) is 0.250. The van der Waals surface area contributed by atoms with Gasteiger partial charge in [-0.1, -0.05) is 30.1 Å². The summed E-state index contributed by atoms with van der Waals surface area (Å²) < 4.78 is 5.66. The number of nitrogens with zero attached hydrogens (tertiary/aromatic N) is 1. The number of thiophene rings is 1. The first-order valence-corrected chi connectivity index (χ1v) is 10.5. The van der Waals surface area contributed by atoms with Crippen LogP contribution in [-0.2, 0) is 17.6 Å². The highest BCUT2D eigenvalue weighted by molar-refractivity contribution is 7.14. The molecule has 3 rings (SSSR count). The maximum absolute atomic E-state index is 12.2. The largest absolute Gasteiger partial charge is 0.441 e. The average molecular weight is 452 g/mol. The minimum absolute atomic E-state index is 0.109. The van der Waals surface area contributed by atoms with Crippen LogP contribution in [0.25, 0.3) is 11.3 Å². The number of aryl methyl sites for hydroxylation is 3. The zero-order chi connectivity index (χ0) is 21.0. The number of carbonyl (C=O) groups is 2. The van der Waals surface area contributed by atoms with Crippen LogP contribution in [0.3, 0.4) is 0 Å². The van der Waals surface area contributed by atoms with Crippen LogP contribution in [0.5, 0.6) is 0 Å². The Morgan fingerprint density at radius 1 is 1.21 bits per heavy atom. The number of hydrazine groups is 1. The molecule has 0 saturated carbocycles. The Bertz CT molecular complexity index is 1050. The van der Waals surface area contributed by atoms with Crippen molar-refractivity contribution in [3.05, 3.63) is 61.7 Å². The van der Waals surface area contributed by atoms with Crippen LogP contribution >= 0.6 is 34.5 Å². The Hall–Kier alpha value is -2.35. The van der Waals surface area contributed by atoms with Crippen LogP contribution in [0.1, 0.15) is 39.3 Å². The molecule has 0 unspecified atom stereocenters. The van der Waals surface area contributed by atoms with Gasteiger partial charge in [0, 0.05) is 28.3 Å². The number of benzene rings is 1. The minimum Gasteiger partial charge on any atom is -0.441 e. The van der Waals surface area contributed by atoms with E-state index in [9.17, 15) is 9.59 Å². The Labute approximate surface area is 182 Å². The quantitative estimate of drug-likeness (QED) is 0.517. The highest BCUT2D eigenvalue weighted by Gasteiger charge is 2.14. The van der Waals surface area contributed by atoms with Crippen LogP contribution < -0.4 is 10.9 Å². The van der Waals surface area contributed by atoms with E-state index in [-0.39, 0.29) is 24.7 Å². The molecule has 2 heterocycles. The molecule has 0 radical (unpaired) electrons. The molecule has 0 atom stereocenters. The first kappa shape index (κ1) is 21.4. The molecule has 29 heavy (non-hydrogen) atoms. The third-order valence-electron chi connectivity index (χ3n) is 4.20. The number of oxazole rings is 1. The number of rotatable bonds is 6. The molecule has 2 amide bonds. The summed E-state index contributed by atoms with van der Waals surface area (Å²) in [7, 11) is 0. The van der Waals surface area contributed by atoms with Gasteiger partial charge in [-0.15, -0.1) is 11.3 Å². The second-order valence-electron chi connectivity index (χ2n) is 6.32. The molecule has 0 fully saturated rings. The second-order valence-corrected chi connectivity index (χ2v) is 8.30. The van der Waals surface area contributed by atoms with Crippen LogP contribution in [0.2, 0.25) is 10.0 Å². The van der Waals surface area contributed by atoms with E-state index in [1.807, 2.05) is 19.9 Å². The fourth-order valence-corrected chi connectivity index (χ4v) is 4.20. The second kappa shape index (κ2) is 9.43. The highest BCUT2D eigenvalue weighted by atomic mass is 35.5. The maximum atomic E-state index is 12.2. The monoisotopic (exact) mass is 451 g/mol. The Kier molecular flexibility index (Phi) is 6.95. The van der Waals surface area contributed by atoms with Gasteiger partial charge in [-0.05, 0) is 43.2 Å². The summed E-state index contributed by atoms with van der Waals surface area (Å²) in [5.74, 6) is 0.220. The average Bonchev–Trinajstić information content (AvgIpc) is 3.31. The van der Waals surface area contributed by atoms with Crippen molar-refractivity contribution >= 4 is 46.4 Å². The smallest absolute Gasteiger partial charge is 0.279 e. The van der Waals surface area contributed by atoms with Crippen molar-refractivity contribution < 1.29 is 14.0 Å². The van der Waals surface area contributed by atoms with Crippen molar-refractivity contribution in [3.63, 3.8) is 0 Å². The summed E-state index contributed by atoms with van der Waals surface area (Å²) >= 11 is 13.5. The van der Waals surface area contributed by atoms with E-state index in [1.165, 1.54) is 11.3 Å². The first-order chi connectivity index (χ1) is 13.9. The summed E-state index contributed by atoms with van der Waals surface area (Å²) in [6, 6.07) is 6.89. The number of aromatic nitrogens is 1. The van der Waals surface area contributed by atoms with Crippen LogP contribution in [0.4, 0.5) is 0 Å². The van der Waals surface area contributed by atoms with Gasteiger partial charge in [0.2, 0.25) is 5.91 Å². The van der Waals surface area contributed by atoms with Crippen LogP contribution in [-0.4, -0.2) is 16.8 Å². The van der Waals surface area contributed by atoms with Gasteiger partial charge in [0.15, 0.2) is 11.7 Å². The molecule has 9 heteroatoms. The summed E-state index contributed by atoms with van der Waals surface area (Å²) in [6.07, 6.45) is 2.81. The molecule has 0 aliphatic heterocycles. The highest BCUT2D eigenvalue weighted by Crippen LogP contribution is 2.30. The minimum atomic E-state index is -0.341. The number of halogens is 2. The van der Waals surface area contributed by atoms with E-state index < -0.39 is 0 Å². The molecule has 2 aromatic heterocycles. The molecule has 0 spiro atoms. The molecule has 0 aliphatic rings. The summed E-state index contributed by atoms with van der Waals surface area (Å²) in [4.78, 5) is 30.1. The zero-order valence-electron chi connectivity index (χ0n) is 15.8. The molecule has 3 aromatic rings. The molecular weight excluding hydrogens is 433 g/mol. The first-order valence-electron chi connectivity index (χ1n) is 8.96. The molecule has 152 valence electrons. The standard InChI is InChI=1S/C20H19Cl2N3O3S/c1-3-16-11(2)8-17(29-16)20(27)25-24-18(26)6-7-19-23-10-15(28-19)13-5-4-12(21)9-14(13)22/h4-5,8-10H,3,6-7H2,1-2H3,(H,24,26)(H,25,27). The van der Waals surface area contributed by atoms with Gasteiger partial charge in [0.25, 0.3) is 5.91 Å². The van der Waals surface area contributed by atoms with E-state index in [0.717, 1.165) is 16.9 Å². The molecule has 2 N–H and O–H groups in total. The molecule has 0 bridgehead atoms. The van der Waals surface area contributed by atoms with Crippen molar-refractivity contribution in [2.24, 2.45) is 0 Å². The van der Waals surface area contributed by atoms with Crippen LogP contribution in [0.15, 0.2) is 34.9 Å². The number of hydrogen-bond acceptors (Lipinski definition) is 5. The van der Waals surface area contributed by atoms with Crippen LogP contribution in [0, 0.1) is 6.92 Å². The zero-order valence-corrected chi connectivity index (χ0v) is 18.2. The lowest BCUT2D eigenvalue weighted by atomic mass is 10.2. The van der Waals surface area contributed by atoms with Gasteiger partial charge >= 0.3 is 0 Å². The van der Waals surface area contributed by atoms with Crippen molar-refractivity contribution in [2.75, 3.05) is 0 Å². The van der Waals surface area contributed by atoms with Crippen molar-refractivity contribution in [1.29, 1.82) is 0 Å². The van der Waals surface area contributed by atoms with Gasteiger partial charge in [-0.25, -0.2) is 4.98 Å². The van der Waals surface area contributed by atoms with Gasteiger partial charge in [-0.2, -0.15) is 0 Å². The van der Waals surface area contributed by atoms with Crippen molar-refractivity contribution in [2.45, 2.75) is 33.1 Å². The lowest BCUT2D eigenvalue weighted by Crippen LogP contribution is -2.41. The van der Waals surface area contributed by atoms with Crippen molar-refractivity contribution in [3.8, 4) is 11.3 Å². The predicted molar refractivity (Wildman–Crippen MR) is 114 cm³/mol. The molecular formula is C20H19Cl2N3O3S. The van der Waals surface area contributed by atoms with E-state index in [4.69, 9.17) is 27.6 Å². The summed E-state index contributed by atoms with van der Waals surface area (Å²) in [5, 5.41) is 0.983. The molecule has 1 aromatic carbocycles. The predicted octanol–water partition coefficient (Wildman–Crippen LogP) is 4.97. The number of amides is 2. The van der Waals surface area contributed by atoms with E-state index in [2.05, 4.69) is 15.8 Å². The number of carbonyl (C=O) groups excluding carboxylic acids is 2. The van der Waals surface area contributed by atoms with E-state index in [1.54, 1.807) is 24.4 Å². The SMILES string of the molecule is CCc1sc(C(=O)NNC(=O)CCc2ncc(-c3ccc(Cl)cc3Cl)o2)cc1C. The third kappa shape index (κ3) is 5.38. The Balaban J connectivity index is 1.50. The lowest BCUT2D eigenvalue weighted by Gasteiger charge is -2.05. The van der Waals surface area contributed by atoms with E-state index in [0.29, 0.717) is 32.1 Å². The van der Waals surface area contributed by atoms with Gasteiger partial charge in [0.1, 0.15) is 0 Å².